The highest BCUT2D eigenvalue weighted by molar-refractivity contribution is 6.33. The van der Waals surface area contributed by atoms with Gasteiger partial charge in [0.25, 0.3) is 0 Å². The van der Waals surface area contributed by atoms with Gasteiger partial charge in [-0.2, -0.15) is 0 Å². The van der Waals surface area contributed by atoms with Gasteiger partial charge in [-0.3, -0.25) is 4.79 Å². The minimum absolute atomic E-state index is 0.0381. The number of amides is 3. The number of carbonyl (C=O) groups excluding carboxylic acids is 3. The average Bonchev–Trinajstić information content (AvgIpc) is 2.55. The molecule has 8 heteroatoms. The van der Waals surface area contributed by atoms with Crippen LogP contribution < -0.4 is 10.6 Å². The summed E-state index contributed by atoms with van der Waals surface area (Å²) in [7, 11) is 0. The number of piperazine rings is 1. The van der Waals surface area contributed by atoms with E-state index in [-0.39, 0.29) is 23.5 Å². The first-order valence-corrected chi connectivity index (χ1v) is 8.94. The molecule has 26 heavy (non-hydrogen) atoms. The third-order valence-corrected chi connectivity index (χ3v) is 4.26. The molecular weight excluding hydrogens is 358 g/mol. The summed E-state index contributed by atoms with van der Waals surface area (Å²) in [6.45, 7) is 8.06. The standard InChI is InChI=1S/C18H24ClN3O4/c1-10(2)15-16(23)20-7-8-22(15)18(25)21-14-9-12(5-6-13(14)19)17(24)26-11(3)4/h5-6,9-11,15H,7-8H2,1-4H3,(H,20,23)(H,21,25)/t15-/m0/s1. The highest BCUT2D eigenvalue weighted by atomic mass is 35.5. The van der Waals surface area contributed by atoms with Crippen LogP contribution in [0.2, 0.25) is 5.02 Å². The molecule has 1 heterocycles. The first-order chi connectivity index (χ1) is 12.2. The Balaban J connectivity index is 2.20. The predicted molar refractivity (Wildman–Crippen MR) is 99.4 cm³/mol. The second-order valence-corrected chi connectivity index (χ2v) is 7.16. The van der Waals surface area contributed by atoms with E-state index in [1.165, 1.54) is 23.1 Å². The molecule has 1 fully saturated rings. The quantitative estimate of drug-likeness (QED) is 0.785. The molecular formula is C18H24ClN3O4. The maximum Gasteiger partial charge on any atom is 0.338 e. The van der Waals surface area contributed by atoms with Crippen molar-refractivity contribution in [2.24, 2.45) is 5.92 Å². The Labute approximate surface area is 158 Å². The second-order valence-electron chi connectivity index (χ2n) is 6.75. The van der Waals surface area contributed by atoms with Gasteiger partial charge in [-0.05, 0) is 38.0 Å². The number of carbonyl (C=O) groups is 3. The SMILES string of the molecule is CC(C)OC(=O)c1ccc(Cl)c(NC(=O)N2CCNC(=O)[C@@H]2C(C)C)c1. The molecule has 7 nitrogen and oxygen atoms in total. The number of halogens is 1. The number of nitrogens with one attached hydrogen (secondary N) is 2. The van der Waals surface area contributed by atoms with Crippen molar-refractivity contribution in [3.8, 4) is 0 Å². The van der Waals surface area contributed by atoms with Crippen molar-refractivity contribution in [3.05, 3.63) is 28.8 Å². The summed E-state index contributed by atoms with van der Waals surface area (Å²) in [5.41, 5.74) is 0.582. The summed E-state index contributed by atoms with van der Waals surface area (Å²) >= 11 is 6.15. The molecule has 1 saturated heterocycles. The van der Waals surface area contributed by atoms with Crippen LogP contribution in [-0.2, 0) is 9.53 Å². The second kappa shape index (κ2) is 8.40. The molecule has 1 aromatic rings. The Morgan fingerprint density at radius 1 is 1.31 bits per heavy atom. The van der Waals surface area contributed by atoms with E-state index in [4.69, 9.17) is 16.3 Å². The maximum absolute atomic E-state index is 12.7. The minimum Gasteiger partial charge on any atom is -0.459 e. The highest BCUT2D eigenvalue weighted by Gasteiger charge is 2.35. The van der Waals surface area contributed by atoms with Crippen molar-refractivity contribution in [2.45, 2.75) is 39.8 Å². The van der Waals surface area contributed by atoms with Gasteiger partial charge in [0.15, 0.2) is 0 Å². The number of ether oxygens (including phenoxy) is 1. The van der Waals surface area contributed by atoms with Gasteiger partial charge in [0.1, 0.15) is 6.04 Å². The fourth-order valence-corrected chi connectivity index (χ4v) is 2.96. The molecule has 1 aliphatic rings. The lowest BCUT2D eigenvalue weighted by molar-refractivity contribution is -0.129. The Morgan fingerprint density at radius 3 is 2.62 bits per heavy atom. The van der Waals surface area contributed by atoms with Gasteiger partial charge in [-0.15, -0.1) is 0 Å². The van der Waals surface area contributed by atoms with Gasteiger partial charge in [-0.25, -0.2) is 9.59 Å². The minimum atomic E-state index is -0.559. The van der Waals surface area contributed by atoms with E-state index in [0.717, 1.165) is 0 Å². The number of urea groups is 1. The number of esters is 1. The van der Waals surface area contributed by atoms with E-state index in [1.807, 2.05) is 13.8 Å². The molecule has 0 unspecified atom stereocenters. The highest BCUT2D eigenvalue weighted by Crippen LogP contribution is 2.25. The van der Waals surface area contributed by atoms with E-state index in [0.29, 0.717) is 23.8 Å². The third kappa shape index (κ3) is 4.66. The van der Waals surface area contributed by atoms with Crippen molar-refractivity contribution in [1.82, 2.24) is 10.2 Å². The zero-order chi connectivity index (χ0) is 19.4. The zero-order valence-corrected chi connectivity index (χ0v) is 16.1. The van der Waals surface area contributed by atoms with E-state index in [9.17, 15) is 14.4 Å². The molecule has 2 N–H and O–H groups in total. The molecule has 2 rings (SSSR count). The van der Waals surface area contributed by atoms with Crippen molar-refractivity contribution >= 4 is 35.2 Å². The fourth-order valence-electron chi connectivity index (χ4n) is 2.79. The first kappa shape index (κ1) is 20.0. The van der Waals surface area contributed by atoms with Crippen molar-refractivity contribution < 1.29 is 19.1 Å². The molecule has 0 radical (unpaired) electrons. The molecule has 142 valence electrons. The lowest BCUT2D eigenvalue weighted by Gasteiger charge is -2.37. The predicted octanol–water partition coefficient (Wildman–Crippen LogP) is 2.89. The summed E-state index contributed by atoms with van der Waals surface area (Å²) in [5.74, 6) is -0.713. The van der Waals surface area contributed by atoms with Crippen LogP contribution in [0.4, 0.5) is 10.5 Å². The average molecular weight is 382 g/mol. The zero-order valence-electron chi connectivity index (χ0n) is 15.3. The Kier molecular flexibility index (Phi) is 6.47. The maximum atomic E-state index is 12.7. The smallest absolute Gasteiger partial charge is 0.338 e. The van der Waals surface area contributed by atoms with Gasteiger partial charge in [0, 0.05) is 13.1 Å². The van der Waals surface area contributed by atoms with Crippen molar-refractivity contribution in [1.29, 1.82) is 0 Å². The van der Waals surface area contributed by atoms with Crippen LogP contribution in [0, 0.1) is 5.92 Å². The Morgan fingerprint density at radius 2 is 2.00 bits per heavy atom. The van der Waals surface area contributed by atoms with Crippen LogP contribution in [0.1, 0.15) is 38.1 Å². The van der Waals surface area contributed by atoms with Gasteiger partial charge in [0.05, 0.1) is 22.4 Å². The molecule has 1 atom stereocenters. The third-order valence-electron chi connectivity index (χ3n) is 3.94. The largest absolute Gasteiger partial charge is 0.459 e. The van der Waals surface area contributed by atoms with Crippen molar-refractivity contribution in [3.63, 3.8) is 0 Å². The number of hydrogen-bond acceptors (Lipinski definition) is 4. The Hall–Kier alpha value is -2.28. The van der Waals surface area contributed by atoms with E-state index < -0.39 is 18.0 Å². The Bertz CT molecular complexity index is 706. The number of hydrogen-bond donors (Lipinski definition) is 2. The van der Waals surface area contributed by atoms with Gasteiger partial charge >= 0.3 is 12.0 Å². The molecule has 0 aliphatic carbocycles. The van der Waals surface area contributed by atoms with E-state index in [1.54, 1.807) is 13.8 Å². The summed E-state index contributed by atoms with van der Waals surface area (Å²) in [5, 5.41) is 5.76. The first-order valence-electron chi connectivity index (χ1n) is 8.56. The number of rotatable bonds is 4. The summed E-state index contributed by atoms with van der Waals surface area (Å²) in [6.07, 6.45) is -0.255. The lowest BCUT2D eigenvalue weighted by atomic mass is 10.00. The normalized spacial score (nSPS) is 17.3. The van der Waals surface area contributed by atoms with Gasteiger partial charge in [0.2, 0.25) is 5.91 Å². The summed E-state index contributed by atoms with van der Waals surface area (Å²) in [4.78, 5) is 38.3. The number of benzene rings is 1. The molecule has 0 saturated carbocycles. The molecule has 1 aliphatic heterocycles. The fraction of sp³-hybridized carbons (Fsp3) is 0.500. The topological polar surface area (TPSA) is 87.7 Å². The van der Waals surface area contributed by atoms with Crippen LogP contribution in [0.5, 0.6) is 0 Å². The molecule has 0 aromatic heterocycles. The van der Waals surface area contributed by atoms with Crippen LogP contribution >= 0.6 is 11.6 Å². The molecule has 0 bridgehead atoms. The van der Waals surface area contributed by atoms with Gasteiger partial charge in [-0.1, -0.05) is 25.4 Å². The molecule has 0 spiro atoms. The van der Waals surface area contributed by atoms with Crippen LogP contribution in [0.15, 0.2) is 18.2 Å². The number of anilines is 1. The van der Waals surface area contributed by atoms with Crippen LogP contribution in [0.25, 0.3) is 0 Å². The van der Waals surface area contributed by atoms with Crippen molar-refractivity contribution in [2.75, 3.05) is 18.4 Å². The van der Waals surface area contributed by atoms with Gasteiger partial charge < -0.3 is 20.3 Å². The summed E-state index contributed by atoms with van der Waals surface area (Å²) in [6, 6.07) is 3.54. The van der Waals surface area contributed by atoms with E-state index >= 15 is 0 Å². The van der Waals surface area contributed by atoms with Crippen LogP contribution in [-0.4, -0.2) is 48.0 Å². The van der Waals surface area contributed by atoms with Crippen LogP contribution in [0.3, 0.4) is 0 Å². The van der Waals surface area contributed by atoms with E-state index in [2.05, 4.69) is 10.6 Å². The molecule has 3 amide bonds. The lowest BCUT2D eigenvalue weighted by Crippen LogP contribution is -2.60. The monoisotopic (exact) mass is 381 g/mol. The number of nitrogens with zero attached hydrogens (tertiary/aromatic N) is 1. The molecule has 1 aromatic carbocycles. The summed E-state index contributed by atoms with van der Waals surface area (Å²) < 4.78 is 5.16.